The molecule has 49 heavy (non-hydrogen) atoms. The summed E-state index contributed by atoms with van der Waals surface area (Å²) in [6.45, 7) is 14.4. The Bertz CT molecular complexity index is 1590. The van der Waals surface area contributed by atoms with Crippen LogP contribution < -0.4 is 9.64 Å². The topological polar surface area (TPSA) is 68.3 Å². The standard InChI is InChI=1S/C40H55ClN2O5Si/c1-39(2,3)49(6,7)48-35-12-8-9-20-42(4)37(44)23-32(38(45)46-5)27-14-18-36-34(22-27)43(24-29-13-16-31(29)35)25-40(26-47-36)19-10-11-28-21-30(41)15-17-33(28)40/h8,12,14-15,17-18,21-22,29,31-32,35H,9-11,13,16,19-20,23-26H2,1-7H3/b12-8+/t29-,31+,32+,35?,40-/m0/s1. The van der Waals surface area contributed by atoms with Crippen molar-refractivity contribution in [1.29, 1.82) is 0 Å². The van der Waals surface area contributed by atoms with E-state index in [0.29, 0.717) is 25.0 Å². The largest absolute Gasteiger partial charge is 0.490 e. The second-order valence-corrected chi connectivity index (χ2v) is 21.7. The number of aryl methyl sites for hydroxylation is 1. The molecule has 266 valence electrons. The molecule has 7 nitrogen and oxygen atoms in total. The highest BCUT2D eigenvalue weighted by molar-refractivity contribution is 6.74. The van der Waals surface area contributed by atoms with Crippen LogP contribution in [0.4, 0.5) is 5.69 Å². The first-order valence-electron chi connectivity index (χ1n) is 18.2. The number of hydrogen-bond donors (Lipinski definition) is 0. The molecule has 1 spiro atoms. The van der Waals surface area contributed by atoms with Gasteiger partial charge in [0.05, 0.1) is 31.4 Å². The Hall–Kier alpha value is -2.81. The minimum absolute atomic E-state index is 0.0257. The van der Waals surface area contributed by atoms with Gasteiger partial charge in [-0.05, 0) is 109 Å². The van der Waals surface area contributed by atoms with Gasteiger partial charge in [-0.15, -0.1) is 0 Å². The van der Waals surface area contributed by atoms with E-state index in [2.05, 4.69) is 69.1 Å². The summed E-state index contributed by atoms with van der Waals surface area (Å²) in [7, 11) is 1.16. The van der Waals surface area contributed by atoms with Crippen LogP contribution >= 0.6 is 11.6 Å². The Morgan fingerprint density at radius 1 is 1.12 bits per heavy atom. The molecule has 6 rings (SSSR count). The zero-order valence-corrected chi connectivity index (χ0v) is 32.3. The second kappa shape index (κ2) is 14.1. The summed E-state index contributed by atoms with van der Waals surface area (Å²) in [5, 5.41) is 0.870. The van der Waals surface area contributed by atoms with Gasteiger partial charge < -0.3 is 23.7 Å². The van der Waals surface area contributed by atoms with E-state index in [4.69, 9.17) is 25.5 Å². The maximum atomic E-state index is 13.5. The van der Waals surface area contributed by atoms with Crippen LogP contribution in [0.25, 0.3) is 0 Å². The molecule has 4 aliphatic rings. The summed E-state index contributed by atoms with van der Waals surface area (Å²) in [4.78, 5) is 31.0. The number of fused-ring (bicyclic) bond motifs is 4. The van der Waals surface area contributed by atoms with Crippen molar-refractivity contribution in [2.75, 3.05) is 45.3 Å². The van der Waals surface area contributed by atoms with Gasteiger partial charge in [0.25, 0.3) is 0 Å². The van der Waals surface area contributed by atoms with Crippen molar-refractivity contribution in [3.05, 3.63) is 70.3 Å². The quantitative estimate of drug-likeness (QED) is 0.182. The summed E-state index contributed by atoms with van der Waals surface area (Å²) >= 11 is 6.50. The van der Waals surface area contributed by atoms with Crippen LogP contribution in [0.1, 0.15) is 81.9 Å². The maximum absolute atomic E-state index is 13.5. The molecule has 0 saturated heterocycles. The summed E-state index contributed by atoms with van der Waals surface area (Å²) in [5.74, 6) is 0.466. The van der Waals surface area contributed by atoms with Gasteiger partial charge in [0, 0.05) is 43.5 Å². The first-order chi connectivity index (χ1) is 23.2. The average Bonchev–Trinajstić information content (AvgIpc) is 3.18. The Morgan fingerprint density at radius 2 is 1.92 bits per heavy atom. The van der Waals surface area contributed by atoms with Gasteiger partial charge in [0.15, 0.2) is 8.32 Å². The van der Waals surface area contributed by atoms with Crippen LogP contribution in [0.3, 0.4) is 0 Å². The molecule has 2 bridgehead atoms. The number of carbonyl (C=O) groups excluding carboxylic acids is 2. The van der Waals surface area contributed by atoms with Crippen molar-refractivity contribution in [3.8, 4) is 5.75 Å². The van der Waals surface area contributed by atoms with E-state index in [9.17, 15) is 9.59 Å². The highest BCUT2D eigenvalue weighted by atomic mass is 35.5. The van der Waals surface area contributed by atoms with Crippen LogP contribution in [0.5, 0.6) is 5.75 Å². The molecule has 2 aromatic rings. The summed E-state index contributed by atoms with van der Waals surface area (Å²) in [6.07, 6.45) is 10.7. The summed E-state index contributed by atoms with van der Waals surface area (Å²) in [6, 6.07) is 12.4. The minimum atomic E-state index is -2.06. The van der Waals surface area contributed by atoms with Gasteiger partial charge >= 0.3 is 5.97 Å². The molecule has 2 heterocycles. The number of amides is 1. The van der Waals surface area contributed by atoms with Crippen LogP contribution in [0.15, 0.2) is 48.6 Å². The van der Waals surface area contributed by atoms with Gasteiger partial charge in [0.2, 0.25) is 5.91 Å². The highest BCUT2D eigenvalue weighted by Crippen LogP contribution is 2.48. The Morgan fingerprint density at radius 3 is 2.63 bits per heavy atom. The third-order valence-corrected chi connectivity index (χ3v) is 17.0. The number of hydrogen-bond acceptors (Lipinski definition) is 6. The number of benzene rings is 2. The molecule has 0 N–H and O–H groups in total. The molecule has 9 heteroatoms. The zero-order valence-electron chi connectivity index (χ0n) is 30.5. The Labute approximate surface area is 299 Å². The number of carbonyl (C=O) groups is 2. The van der Waals surface area contributed by atoms with E-state index in [-0.39, 0.29) is 28.9 Å². The number of methoxy groups -OCH3 is 1. The molecule has 2 aliphatic carbocycles. The molecule has 5 atom stereocenters. The number of esters is 1. The van der Waals surface area contributed by atoms with Crippen LogP contribution in [-0.2, 0) is 30.6 Å². The number of halogens is 1. The highest BCUT2D eigenvalue weighted by Gasteiger charge is 2.47. The summed E-state index contributed by atoms with van der Waals surface area (Å²) < 4.78 is 19.2. The van der Waals surface area contributed by atoms with E-state index in [1.807, 2.05) is 25.2 Å². The normalized spacial score (nSPS) is 28.4. The smallest absolute Gasteiger partial charge is 0.313 e. The van der Waals surface area contributed by atoms with Crippen molar-refractivity contribution < 1.29 is 23.5 Å². The number of ether oxygens (including phenoxy) is 2. The van der Waals surface area contributed by atoms with Crippen molar-refractivity contribution in [1.82, 2.24) is 4.90 Å². The average molecular weight is 707 g/mol. The van der Waals surface area contributed by atoms with Crippen molar-refractivity contribution in [2.45, 2.75) is 101 Å². The van der Waals surface area contributed by atoms with E-state index < -0.39 is 20.2 Å². The molecule has 0 radical (unpaired) electrons. The lowest BCUT2D eigenvalue weighted by molar-refractivity contribution is -0.145. The van der Waals surface area contributed by atoms with E-state index in [1.54, 1.807) is 4.90 Å². The lowest BCUT2D eigenvalue weighted by atomic mass is 9.68. The van der Waals surface area contributed by atoms with Gasteiger partial charge in [-0.25, -0.2) is 0 Å². The fourth-order valence-electron chi connectivity index (χ4n) is 8.10. The van der Waals surface area contributed by atoms with Crippen LogP contribution in [-0.4, -0.2) is 71.6 Å². The molecule has 1 saturated carbocycles. The fraction of sp³-hybridized carbons (Fsp3) is 0.600. The summed E-state index contributed by atoms with van der Waals surface area (Å²) in [5.41, 5.74) is 4.21. The molecule has 1 fully saturated rings. The number of rotatable bonds is 3. The second-order valence-electron chi connectivity index (χ2n) is 16.5. The molecule has 1 amide bonds. The lowest BCUT2D eigenvalue weighted by Crippen LogP contribution is -2.52. The predicted octanol–water partition coefficient (Wildman–Crippen LogP) is 8.29. The molecule has 1 unspecified atom stereocenters. The van der Waals surface area contributed by atoms with Crippen LogP contribution in [0, 0.1) is 11.8 Å². The zero-order chi connectivity index (χ0) is 35.1. The first kappa shape index (κ1) is 36.0. The number of anilines is 1. The van der Waals surface area contributed by atoms with E-state index in [1.165, 1.54) is 18.2 Å². The van der Waals surface area contributed by atoms with Gasteiger partial charge in [-0.2, -0.15) is 0 Å². The maximum Gasteiger partial charge on any atom is 0.313 e. The third kappa shape index (κ3) is 7.34. The molecule has 2 aromatic carbocycles. The Kier molecular flexibility index (Phi) is 10.3. The Balaban J connectivity index is 1.44. The van der Waals surface area contributed by atoms with Crippen LogP contribution in [0.2, 0.25) is 23.2 Å². The molecular formula is C40H55ClN2O5Si. The van der Waals surface area contributed by atoms with E-state index >= 15 is 0 Å². The minimum Gasteiger partial charge on any atom is -0.490 e. The molecular weight excluding hydrogens is 652 g/mol. The van der Waals surface area contributed by atoms with E-state index in [0.717, 1.165) is 73.6 Å². The first-order valence-corrected chi connectivity index (χ1v) is 21.5. The van der Waals surface area contributed by atoms with Crippen molar-refractivity contribution >= 4 is 37.5 Å². The fourth-order valence-corrected chi connectivity index (χ4v) is 9.59. The van der Waals surface area contributed by atoms with Gasteiger partial charge in [-0.3, -0.25) is 9.59 Å². The van der Waals surface area contributed by atoms with Crippen molar-refractivity contribution in [2.24, 2.45) is 11.8 Å². The van der Waals surface area contributed by atoms with Gasteiger partial charge in [0.1, 0.15) is 5.75 Å². The monoisotopic (exact) mass is 706 g/mol. The predicted molar refractivity (Wildman–Crippen MR) is 199 cm³/mol. The van der Waals surface area contributed by atoms with Gasteiger partial charge in [-0.1, -0.05) is 56.7 Å². The number of nitrogens with zero attached hydrogens (tertiary/aromatic N) is 2. The third-order valence-electron chi connectivity index (χ3n) is 12.3. The SMILES string of the molecule is COC(=O)[C@@H]1CC(=O)N(C)CC/C=C/C(O[Si](C)(C)C(C)(C)C)[C@@H]2CC[C@H]2CN2C[C@@]3(CCCc4cc(Cl)ccc43)COc3ccc1cc32. The molecule has 0 aromatic heterocycles. The van der Waals surface area contributed by atoms with Crippen molar-refractivity contribution in [3.63, 3.8) is 0 Å². The lowest BCUT2D eigenvalue weighted by Gasteiger charge is -2.48. The molecule has 2 aliphatic heterocycles.